The first-order chi connectivity index (χ1) is 14.7. The van der Waals surface area contributed by atoms with Gasteiger partial charge in [-0.3, -0.25) is 4.79 Å². The van der Waals surface area contributed by atoms with Crippen LogP contribution in [0.2, 0.25) is 0 Å². The molecule has 0 unspecified atom stereocenters. The molecule has 1 N–H and O–H groups in total. The molecule has 5 heteroatoms. The third kappa shape index (κ3) is 3.96. The molecule has 0 saturated heterocycles. The lowest BCUT2D eigenvalue weighted by Gasteiger charge is -2.13. The minimum Gasteiger partial charge on any atom is -0.497 e. The molecule has 0 radical (unpaired) electrons. The number of rotatable bonds is 6. The summed E-state index contributed by atoms with van der Waals surface area (Å²) in [6.07, 6.45) is 0. The molecule has 0 aliphatic rings. The van der Waals surface area contributed by atoms with Crippen LogP contribution in [-0.4, -0.2) is 24.6 Å². The average molecular weight is 398 g/mol. The largest absolute Gasteiger partial charge is 0.497 e. The Labute approximate surface area is 175 Å². The van der Waals surface area contributed by atoms with E-state index < -0.39 is 0 Å². The van der Waals surface area contributed by atoms with Crippen molar-refractivity contribution in [1.82, 2.24) is 4.98 Å². The number of carbonyl (C=O) groups is 1. The highest BCUT2D eigenvalue weighted by molar-refractivity contribution is 6.13. The number of amides is 1. The molecule has 4 aromatic rings. The second kappa shape index (κ2) is 8.66. The molecular weight excluding hydrogens is 376 g/mol. The molecule has 4 rings (SSSR count). The zero-order chi connectivity index (χ0) is 20.9. The lowest BCUT2D eigenvalue weighted by atomic mass is 10.0. The van der Waals surface area contributed by atoms with Crippen molar-refractivity contribution < 1.29 is 14.3 Å². The molecule has 1 amide bonds. The van der Waals surface area contributed by atoms with Crippen LogP contribution in [0.4, 0.5) is 5.69 Å². The van der Waals surface area contributed by atoms with E-state index >= 15 is 0 Å². The molecule has 0 fully saturated rings. The number of nitrogens with one attached hydrogen (secondary N) is 1. The molecule has 30 heavy (non-hydrogen) atoms. The number of aromatic nitrogens is 1. The van der Waals surface area contributed by atoms with Crippen molar-refractivity contribution in [3.8, 4) is 22.8 Å². The van der Waals surface area contributed by atoms with Crippen LogP contribution in [-0.2, 0) is 0 Å². The maximum atomic E-state index is 13.3. The second-order valence-electron chi connectivity index (χ2n) is 6.68. The number of pyridine rings is 1. The van der Waals surface area contributed by atoms with Crippen LogP contribution in [0.5, 0.6) is 11.5 Å². The van der Waals surface area contributed by atoms with Crippen LogP contribution in [0.3, 0.4) is 0 Å². The van der Waals surface area contributed by atoms with Crippen LogP contribution in [0, 0.1) is 0 Å². The number of anilines is 1. The summed E-state index contributed by atoms with van der Waals surface area (Å²) in [5, 5.41) is 3.78. The number of nitrogens with zero attached hydrogens (tertiary/aromatic N) is 1. The van der Waals surface area contributed by atoms with Crippen molar-refractivity contribution in [2.75, 3.05) is 19.0 Å². The number of benzene rings is 3. The van der Waals surface area contributed by atoms with Gasteiger partial charge < -0.3 is 14.8 Å². The van der Waals surface area contributed by atoms with E-state index in [9.17, 15) is 4.79 Å². The molecule has 0 spiro atoms. The standard InChI is InChI=1S/C25H22N2O3/c1-3-30-24-11-7-6-10-22(24)27-25(28)20-16-23(17-12-14-18(29-2)15-13-17)26-21-9-5-4-8-19(20)21/h4-16H,3H2,1-2H3,(H,27,28). The molecule has 3 aromatic carbocycles. The van der Waals surface area contributed by atoms with E-state index in [-0.39, 0.29) is 5.91 Å². The van der Waals surface area contributed by atoms with Crippen LogP contribution in [0.25, 0.3) is 22.2 Å². The van der Waals surface area contributed by atoms with Crippen molar-refractivity contribution in [1.29, 1.82) is 0 Å². The highest BCUT2D eigenvalue weighted by atomic mass is 16.5. The predicted molar refractivity (Wildman–Crippen MR) is 119 cm³/mol. The lowest BCUT2D eigenvalue weighted by Crippen LogP contribution is -2.14. The van der Waals surface area contributed by atoms with E-state index in [4.69, 9.17) is 14.5 Å². The Morgan fingerprint density at radius 3 is 2.47 bits per heavy atom. The Kier molecular flexibility index (Phi) is 5.61. The second-order valence-corrected chi connectivity index (χ2v) is 6.68. The van der Waals surface area contributed by atoms with Gasteiger partial charge in [-0.2, -0.15) is 0 Å². The Bertz CT molecular complexity index is 1190. The van der Waals surface area contributed by atoms with Gasteiger partial charge in [-0.1, -0.05) is 30.3 Å². The summed E-state index contributed by atoms with van der Waals surface area (Å²) in [4.78, 5) is 18.0. The molecule has 0 bridgehead atoms. The summed E-state index contributed by atoms with van der Waals surface area (Å²) >= 11 is 0. The Hall–Kier alpha value is -3.86. The molecular formula is C25H22N2O3. The number of para-hydroxylation sites is 3. The smallest absolute Gasteiger partial charge is 0.256 e. The fraction of sp³-hybridized carbons (Fsp3) is 0.120. The average Bonchev–Trinajstić information content (AvgIpc) is 2.80. The quantitative estimate of drug-likeness (QED) is 0.462. The van der Waals surface area contributed by atoms with Crippen molar-refractivity contribution >= 4 is 22.5 Å². The van der Waals surface area contributed by atoms with Gasteiger partial charge in [0.15, 0.2) is 0 Å². The maximum Gasteiger partial charge on any atom is 0.256 e. The zero-order valence-electron chi connectivity index (χ0n) is 16.9. The van der Waals surface area contributed by atoms with Crippen molar-refractivity contribution in [2.24, 2.45) is 0 Å². The maximum absolute atomic E-state index is 13.3. The van der Waals surface area contributed by atoms with Crippen molar-refractivity contribution in [3.05, 3.63) is 84.4 Å². The Morgan fingerprint density at radius 2 is 1.70 bits per heavy atom. The van der Waals surface area contributed by atoms with Crippen LogP contribution < -0.4 is 14.8 Å². The monoisotopic (exact) mass is 398 g/mol. The van der Waals surface area contributed by atoms with E-state index in [1.807, 2.05) is 85.8 Å². The molecule has 0 saturated carbocycles. The van der Waals surface area contributed by atoms with Crippen molar-refractivity contribution in [3.63, 3.8) is 0 Å². The fourth-order valence-corrected chi connectivity index (χ4v) is 3.31. The predicted octanol–water partition coefficient (Wildman–Crippen LogP) is 5.56. The molecule has 0 aliphatic carbocycles. The first-order valence-corrected chi connectivity index (χ1v) is 9.77. The minimum absolute atomic E-state index is 0.212. The van der Waals surface area contributed by atoms with Crippen LogP contribution in [0.1, 0.15) is 17.3 Å². The Morgan fingerprint density at radius 1 is 0.967 bits per heavy atom. The molecule has 0 aliphatic heterocycles. The highest BCUT2D eigenvalue weighted by Gasteiger charge is 2.16. The van der Waals surface area contributed by atoms with Gasteiger partial charge in [-0.05, 0) is 55.5 Å². The number of carbonyl (C=O) groups excluding carboxylic acids is 1. The summed E-state index contributed by atoms with van der Waals surface area (Å²) in [5.74, 6) is 1.20. The van der Waals surface area contributed by atoms with E-state index in [0.717, 1.165) is 27.9 Å². The summed E-state index contributed by atoms with van der Waals surface area (Å²) in [6.45, 7) is 2.43. The molecule has 5 nitrogen and oxygen atoms in total. The van der Waals surface area contributed by atoms with Crippen LogP contribution >= 0.6 is 0 Å². The van der Waals surface area contributed by atoms with Gasteiger partial charge >= 0.3 is 0 Å². The third-order valence-corrected chi connectivity index (χ3v) is 4.78. The number of hydrogen-bond donors (Lipinski definition) is 1. The van der Waals surface area contributed by atoms with E-state index in [0.29, 0.717) is 23.6 Å². The van der Waals surface area contributed by atoms with E-state index in [1.165, 1.54) is 0 Å². The molecule has 0 atom stereocenters. The molecule has 150 valence electrons. The molecule has 1 heterocycles. The number of fused-ring (bicyclic) bond motifs is 1. The number of hydrogen-bond acceptors (Lipinski definition) is 4. The van der Waals surface area contributed by atoms with Gasteiger partial charge in [0.2, 0.25) is 0 Å². The first kappa shape index (κ1) is 19.5. The Balaban J connectivity index is 1.76. The summed E-state index contributed by atoms with van der Waals surface area (Å²) in [5.41, 5.74) is 3.58. The summed E-state index contributed by atoms with van der Waals surface area (Å²) < 4.78 is 10.9. The normalized spacial score (nSPS) is 10.6. The van der Waals surface area contributed by atoms with E-state index in [1.54, 1.807) is 7.11 Å². The topological polar surface area (TPSA) is 60.5 Å². The van der Waals surface area contributed by atoms with Crippen molar-refractivity contribution in [2.45, 2.75) is 6.92 Å². The third-order valence-electron chi connectivity index (χ3n) is 4.78. The summed E-state index contributed by atoms with van der Waals surface area (Å²) in [6, 6.07) is 24.5. The SMILES string of the molecule is CCOc1ccccc1NC(=O)c1cc(-c2ccc(OC)cc2)nc2ccccc12. The molecule has 1 aromatic heterocycles. The van der Waals surface area contributed by atoms with Gasteiger partial charge in [-0.25, -0.2) is 4.98 Å². The van der Waals surface area contributed by atoms with Gasteiger partial charge in [0.1, 0.15) is 11.5 Å². The minimum atomic E-state index is -0.212. The van der Waals surface area contributed by atoms with Crippen LogP contribution in [0.15, 0.2) is 78.9 Å². The van der Waals surface area contributed by atoms with Gasteiger partial charge in [-0.15, -0.1) is 0 Å². The highest BCUT2D eigenvalue weighted by Crippen LogP contribution is 2.29. The number of methoxy groups -OCH3 is 1. The lowest BCUT2D eigenvalue weighted by molar-refractivity contribution is 0.102. The van der Waals surface area contributed by atoms with Gasteiger partial charge in [0, 0.05) is 10.9 Å². The van der Waals surface area contributed by atoms with Gasteiger partial charge in [0.05, 0.1) is 36.2 Å². The zero-order valence-corrected chi connectivity index (χ0v) is 16.9. The first-order valence-electron chi connectivity index (χ1n) is 9.77. The van der Waals surface area contributed by atoms with Gasteiger partial charge in [0.25, 0.3) is 5.91 Å². The number of ether oxygens (including phenoxy) is 2. The van der Waals surface area contributed by atoms with E-state index in [2.05, 4.69) is 5.32 Å². The fourth-order valence-electron chi connectivity index (χ4n) is 3.31. The summed E-state index contributed by atoms with van der Waals surface area (Å²) in [7, 11) is 1.63.